The number of anilines is 1. The van der Waals surface area contributed by atoms with Gasteiger partial charge in [-0.05, 0) is 43.5 Å². The van der Waals surface area contributed by atoms with Gasteiger partial charge in [0.1, 0.15) is 0 Å². The molecular formula is C15H18N2O. The molecule has 0 fully saturated rings. The number of hydrogen-bond donors (Lipinski definition) is 1. The number of hydrogen-bond acceptors (Lipinski definition) is 2. The van der Waals surface area contributed by atoms with Crippen molar-refractivity contribution >= 4 is 5.69 Å². The molecule has 0 saturated carbocycles. The highest BCUT2D eigenvalue weighted by Gasteiger charge is 2.06. The van der Waals surface area contributed by atoms with Crippen molar-refractivity contribution < 1.29 is 0 Å². The number of aromatic nitrogens is 1. The molecule has 1 heterocycles. The molecule has 0 atom stereocenters. The Morgan fingerprint density at radius 2 is 1.72 bits per heavy atom. The molecule has 18 heavy (non-hydrogen) atoms. The molecule has 0 saturated heterocycles. The Morgan fingerprint density at radius 1 is 1.11 bits per heavy atom. The Balaban J connectivity index is 2.46. The lowest BCUT2D eigenvalue weighted by Gasteiger charge is -2.13. The van der Waals surface area contributed by atoms with Gasteiger partial charge < -0.3 is 10.3 Å². The fourth-order valence-electron chi connectivity index (χ4n) is 2.30. The molecule has 3 heteroatoms. The third-order valence-electron chi connectivity index (χ3n) is 3.18. The first kappa shape index (κ1) is 12.4. The van der Waals surface area contributed by atoms with E-state index in [2.05, 4.69) is 32.9 Å². The minimum Gasteiger partial charge on any atom is -0.398 e. The van der Waals surface area contributed by atoms with Gasteiger partial charge >= 0.3 is 0 Å². The molecule has 0 radical (unpaired) electrons. The lowest BCUT2D eigenvalue weighted by Crippen LogP contribution is -2.20. The zero-order valence-electron chi connectivity index (χ0n) is 11.0. The molecule has 2 rings (SSSR count). The summed E-state index contributed by atoms with van der Waals surface area (Å²) in [5.41, 5.74) is 11.2. The van der Waals surface area contributed by atoms with Crippen molar-refractivity contribution in [3.05, 3.63) is 63.1 Å². The second-order valence-electron chi connectivity index (χ2n) is 4.81. The molecule has 2 aromatic rings. The molecule has 0 aliphatic heterocycles. The smallest absolute Gasteiger partial charge is 0.250 e. The number of rotatable bonds is 2. The number of nitrogens with zero attached hydrogens (tertiary/aromatic N) is 1. The first-order valence-corrected chi connectivity index (χ1v) is 6.00. The number of aryl methyl sites for hydroxylation is 3. The van der Waals surface area contributed by atoms with E-state index in [1.807, 2.05) is 0 Å². The minimum atomic E-state index is -0.0245. The van der Waals surface area contributed by atoms with Crippen LogP contribution in [0.2, 0.25) is 0 Å². The van der Waals surface area contributed by atoms with E-state index in [-0.39, 0.29) is 5.56 Å². The van der Waals surface area contributed by atoms with Gasteiger partial charge in [0.25, 0.3) is 5.56 Å². The SMILES string of the molecule is Cc1cc(C)c(Cn2cc(N)ccc2=O)c(C)c1. The fourth-order valence-corrected chi connectivity index (χ4v) is 2.30. The van der Waals surface area contributed by atoms with E-state index in [1.165, 1.54) is 28.3 Å². The molecule has 0 unspecified atom stereocenters. The normalized spacial score (nSPS) is 10.6. The van der Waals surface area contributed by atoms with Gasteiger partial charge in [-0.15, -0.1) is 0 Å². The maximum atomic E-state index is 11.8. The van der Waals surface area contributed by atoms with E-state index in [1.54, 1.807) is 16.8 Å². The van der Waals surface area contributed by atoms with Crippen molar-refractivity contribution in [3.63, 3.8) is 0 Å². The summed E-state index contributed by atoms with van der Waals surface area (Å²) in [6.07, 6.45) is 1.70. The van der Waals surface area contributed by atoms with Crippen LogP contribution in [0.25, 0.3) is 0 Å². The molecule has 94 valence electrons. The Kier molecular flexibility index (Phi) is 3.24. The van der Waals surface area contributed by atoms with Gasteiger partial charge in [0.2, 0.25) is 0 Å². The van der Waals surface area contributed by atoms with E-state index in [0.29, 0.717) is 12.2 Å². The zero-order valence-corrected chi connectivity index (χ0v) is 11.0. The van der Waals surface area contributed by atoms with Crippen molar-refractivity contribution in [2.24, 2.45) is 0 Å². The predicted molar refractivity (Wildman–Crippen MR) is 74.9 cm³/mol. The van der Waals surface area contributed by atoms with Gasteiger partial charge in [-0.25, -0.2) is 0 Å². The monoisotopic (exact) mass is 242 g/mol. The maximum absolute atomic E-state index is 11.8. The van der Waals surface area contributed by atoms with Gasteiger partial charge in [-0.1, -0.05) is 17.7 Å². The summed E-state index contributed by atoms with van der Waals surface area (Å²) in [5.74, 6) is 0. The van der Waals surface area contributed by atoms with E-state index < -0.39 is 0 Å². The van der Waals surface area contributed by atoms with E-state index in [0.717, 1.165) is 0 Å². The average Bonchev–Trinajstić information content (AvgIpc) is 2.28. The zero-order chi connectivity index (χ0) is 13.3. The predicted octanol–water partition coefficient (Wildman–Crippen LogP) is 2.40. The first-order valence-electron chi connectivity index (χ1n) is 6.00. The van der Waals surface area contributed by atoms with Crippen LogP contribution >= 0.6 is 0 Å². The Labute approximate surface area is 107 Å². The van der Waals surface area contributed by atoms with Gasteiger partial charge in [0.15, 0.2) is 0 Å². The van der Waals surface area contributed by atoms with Crippen LogP contribution in [0.4, 0.5) is 5.69 Å². The summed E-state index contributed by atoms with van der Waals surface area (Å²) in [7, 11) is 0. The topological polar surface area (TPSA) is 48.0 Å². The molecular weight excluding hydrogens is 224 g/mol. The van der Waals surface area contributed by atoms with Crippen LogP contribution in [0, 0.1) is 20.8 Å². The van der Waals surface area contributed by atoms with Crippen LogP contribution in [0.1, 0.15) is 22.3 Å². The summed E-state index contributed by atoms with van der Waals surface area (Å²) in [6, 6.07) is 7.42. The molecule has 2 N–H and O–H groups in total. The second-order valence-corrected chi connectivity index (χ2v) is 4.81. The van der Waals surface area contributed by atoms with Gasteiger partial charge in [-0.2, -0.15) is 0 Å². The van der Waals surface area contributed by atoms with Crippen molar-refractivity contribution in [2.75, 3.05) is 5.73 Å². The van der Waals surface area contributed by atoms with Crippen LogP contribution in [-0.4, -0.2) is 4.57 Å². The van der Waals surface area contributed by atoms with Gasteiger partial charge in [0, 0.05) is 18.0 Å². The van der Waals surface area contributed by atoms with E-state index >= 15 is 0 Å². The molecule has 0 aliphatic carbocycles. The lowest BCUT2D eigenvalue weighted by molar-refractivity contribution is 0.752. The summed E-state index contributed by atoms with van der Waals surface area (Å²) in [6.45, 7) is 6.80. The molecule has 1 aromatic heterocycles. The molecule has 0 bridgehead atoms. The standard InChI is InChI=1S/C15H18N2O/c1-10-6-11(2)14(12(3)7-10)9-17-8-13(16)4-5-15(17)18/h4-8H,9,16H2,1-3H3. The highest BCUT2D eigenvalue weighted by atomic mass is 16.1. The molecule has 0 aliphatic rings. The minimum absolute atomic E-state index is 0.0245. The highest BCUT2D eigenvalue weighted by Crippen LogP contribution is 2.17. The van der Waals surface area contributed by atoms with Crippen molar-refractivity contribution in [2.45, 2.75) is 27.3 Å². The van der Waals surface area contributed by atoms with Crippen LogP contribution < -0.4 is 11.3 Å². The average molecular weight is 242 g/mol. The second kappa shape index (κ2) is 4.69. The molecule has 0 spiro atoms. The number of pyridine rings is 1. The lowest BCUT2D eigenvalue weighted by atomic mass is 10.00. The Bertz CT molecular complexity index is 618. The van der Waals surface area contributed by atoms with Gasteiger partial charge in [-0.3, -0.25) is 4.79 Å². The third kappa shape index (κ3) is 2.45. The number of nitrogens with two attached hydrogens (primary N) is 1. The molecule has 1 aromatic carbocycles. The summed E-state index contributed by atoms with van der Waals surface area (Å²) in [4.78, 5) is 11.8. The van der Waals surface area contributed by atoms with E-state index in [4.69, 9.17) is 5.73 Å². The summed E-state index contributed by atoms with van der Waals surface area (Å²) in [5, 5.41) is 0. The van der Waals surface area contributed by atoms with Crippen molar-refractivity contribution in [1.82, 2.24) is 4.57 Å². The first-order chi connectivity index (χ1) is 8.47. The van der Waals surface area contributed by atoms with Crippen LogP contribution in [0.5, 0.6) is 0 Å². The Hall–Kier alpha value is -2.03. The van der Waals surface area contributed by atoms with Crippen LogP contribution in [0.3, 0.4) is 0 Å². The van der Waals surface area contributed by atoms with Crippen molar-refractivity contribution in [1.29, 1.82) is 0 Å². The van der Waals surface area contributed by atoms with E-state index in [9.17, 15) is 4.79 Å². The van der Waals surface area contributed by atoms with Crippen LogP contribution in [-0.2, 0) is 6.54 Å². The fraction of sp³-hybridized carbons (Fsp3) is 0.267. The highest BCUT2D eigenvalue weighted by molar-refractivity contribution is 5.39. The third-order valence-corrected chi connectivity index (χ3v) is 3.18. The summed E-state index contributed by atoms with van der Waals surface area (Å²) < 4.78 is 1.65. The van der Waals surface area contributed by atoms with Gasteiger partial charge in [0.05, 0.1) is 6.54 Å². The largest absolute Gasteiger partial charge is 0.398 e. The quantitative estimate of drug-likeness (QED) is 0.879. The Morgan fingerprint density at radius 3 is 2.33 bits per heavy atom. The number of nitrogen functional groups attached to an aromatic ring is 1. The maximum Gasteiger partial charge on any atom is 0.250 e. The van der Waals surface area contributed by atoms with Crippen molar-refractivity contribution in [3.8, 4) is 0 Å². The molecule has 0 amide bonds. The summed E-state index contributed by atoms with van der Waals surface area (Å²) >= 11 is 0. The molecule has 3 nitrogen and oxygen atoms in total. The van der Waals surface area contributed by atoms with Crippen LogP contribution in [0.15, 0.2) is 35.3 Å². The number of benzene rings is 1.